The summed E-state index contributed by atoms with van der Waals surface area (Å²) in [5, 5.41) is 6.59. The van der Waals surface area contributed by atoms with E-state index in [1.165, 1.54) is 0 Å². The number of rotatable bonds is 4. The minimum Gasteiger partial charge on any atom is -0.383 e. The molecule has 126 valence electrons. The SMILES string of the molecule is COCCN1C(=O)CCC[C@H]2CN(C(=O)c3ccn[nH]3)CC[C@H]21. The van der Waals surface area contributed by atoms with E-state index in [1.54, 1.807) is 19.4 Å². The van der Waals surface area contributed by atoms with Gasteiger partial charge in [0.15, 0.2) is 0 Å². The van der Waals surface area contributed by atoms with E-state index in [4.69, 9.17) is 4.74 Å². The van der Waals surface area contributed by atoms with Gasteiger partial charge in [-0.3, -0.25) is 14.7 Å². The molecule has 0 saturated carbocycles. The summed E-state index contributed by atoms with van der Waals surface area (Å²) in [5.74, 6) is 0.571. The van der Waals surface area contributed by atoms with Crippen LogP contribution in [0.2, 0.25) is 0 Å². The molecule has 23 heavy (non-hydrogen) atoms. The molecule has 0 spiro atoms. The van der Waals surface area contributed by atoms with Gasteiger partial charge < -0.3 is 14.5 Å². The largest absolute Gasteiger partial charge is 0.383 e. The van der Waals surface area contributed by atoms with E-state index in [0.717, 1.165) is 19.3 Å². The Morgan fingerprint density at radius 2 is 2.35 bits per heavy atom. The van der Waals surface area contributed by atoms with Crippen LogP contribution in [-0.4, -0.2) is 71.2 Å². The third kappa shape index (κ3) is 3.39. The molecule has 2 atom stereocenters. The van der Waals surface area contributed by atoms with Crippen molar-refractivity contribution in [2.75, 3.05) is 33.4 Å². The molecule has 2 aliphatic rings. The number of aromatic amines is 1. The molecular formula is C16H24N4O3. The van der Waals surface area contributed by atoms with E-state index >= 15 is 0 Å². The van der Waals surface area contributed by atoms with Crippen LogP contribution < -0.4 is 0 Å². The number of nitrogens with zero attached hydrogens (tertiary/aromatic N) is 3. The van der Waals surface area contributed by atoms with Crippen molar-refractivity contribution >= 4 is 11.8 Å². The second-order valence-corrected chi connectivity index (χ2v) is 6.31. The van der Waals surface area contributed by atoms with Crippen LogP contribution in [0.3, 0.4) is 0 Å². The number of amides is 2. The lowest BCUT2D eigenvalue weighted by Gasteiger charge is -2.42. The van der Waals surface area contributed by atoms with Crippen LogP contribution in [-0.2, 0) is 9.53 Å². The van der Waals surface area contributed by atoms with Crippen molar-refractivity contribution in [2.24, 2.45) is 5.92 Å². The summed E-state index contributed by atoms with van der Waals surface area (Å²) in [6, 6.07) is 1.93. The summed E-state index contributed by atoms with van der Waals surface area (Å²) < 4.78 is 5.15. The molecule has 2 fully saturated rings. The first kappa shape index (κ1) is 16.0. The summed E-state index contributed by atoms with van der Waals surface area (Å²) in [6.45, 7) is 2.59. The Labute approximate surface area is 136 Å². The van der Waals surface area contributed by atoms with E-state index in [9.17, 15) is 9.59 Å². The molecular weight excluding hydrogens is 296 g/mol. The maximum absolute atomic E-state index is 12.5. The fraction of sp³-hybridized carbons (Fsp3) is 0.688. The van der Waals surface area contributed by atoms with Crippen molar-refractivity contribution in [3.63, 3.8) is 0 Å². The molecule has 2 aliphatic heterocycles. The Hall–Kier alpha value is -1.89. The molecule has 1 aromatic rings. The number of piperidine rings is 1. The molecule has 2 saturated heterocycles. The Morgan fingerprint density at radius 3 is 3.09 bits per heavy atom. The van der Waals surface area contributed by atoms with Crippen LogP contribution in [0.4, 0.5) is 0 Å². The van der Waals surface area contributed by atoms with Gasteiger partial charge >= 0.3 is 0 Å². The van der Waals surface area contributed by atoms with Crippen LogP contribution >= 0.6 is 0 Å². The Morgan fingerprint density at radius 1 is 1.48 bits per heavy atom. The van der Waals surface area contributed by atoms with Gasteiger partial charge in [-0.05, 0) is 31.2 Å². The van der Waals surface area contributed by atoms with Gasteiger partial charge in [-0.2, -0.15) is 5.10 Å². The van der Waals surface area contributed by atoms with Crippen LogP contribution in [0, 0.1) is 5.92 Å². The summed E-state index contributed by atoms with van der Waals surface area (Å²) >= 11 is 0. The third-order valence-corrected chi connectivity index (χ3v) is 4.93. The second kappa shape index (κ2) is 7.12. The number of fused-ring (bicyclic) bond motifs is 1. The zero-order chi connectivity index (χ0) is 16.2. The minimum atomic E-state index is -0.0000324. The number of nitrogens with one attached hydrogen (secondary N) is 1. The maximum atomic E-state index is 12.5. The zero-order valence-electron chi connectivity index (χ0n) is 13.5. The maximum Gasteiger partial charge on any atom is 0.271 e. The number of carbonyl (C=O) groups excluding carboxylic acids is 2. The molecule has 7 nitrogen and oxygen atoms in total. The smallest absolute Gasteiger partial charge is 0.271 e. The normalized spacial score (nSPS) is 25.2. The molecule has 0 radical (unpaired) electrons. The van der Waals surface area contributed by atoms with Crippen LogP contribution in [0.25, 0.3) is 0 Å². The number of likely N-dealkylation sites (tertiary alicyclic amines) is 2. The number of hydrogen-bond donors (Lipinski definition) is 1. The van der Waals surface area contributed by atoms with Gasteiger partial charge in [-0.1, -0.05) is 0 Å². The molecule has 1 aromatic heterocycles. The highest BCUT2D eigenvalue weighted by Crippen LogP contribution is 2.30. The van der Waals surface area contributed by atoms with E-state index < -0.39 is 0 Å². The predicted molar refractivity (Wildman–Crippen MR) is 83.8 cm³/mol. The van der Waals surface area contributed by atoms with Gasteiger partial charge in [0, 0.05) is 45.4 Å². The third-order valence-electron chi connectivity index (χ3n) is 4.93. The lowest BCUT2D eigenvalue weighted by molar-refractivity contribution is -0.135. The first-order chi connectivity index (χ1) is 11.2. The van der Waals surface area contributed by atoms with Crippen LogP contribution in [0.5, 0.6) is 0 Å². The summed E-state index contributed by atoms with van der Waals surface area (Å²) in [7, 11) is 1.66. The van der Waals surface area contributed by atoms with Crippen LogP contribution in [0.1, 0.15) is 36.2 Å². The number of carbonyl (C=O) groups is 2. The van der Waals surface area contributed by atoms with E-state index in [0.29, 0.717) is 44.3 Å². The van der Waals surface area contributed by atoms with Gasteiger partial charge in [0.05, 0.1) is 6.61 Å². The minimum absolute atomic E-state index is 0.0000324. The summed E-state index contributed by atoms with van der Waals surface area (Å²) in [5.41, 5.74) is 0.532. The number of hydrogen-bond acceptors (Lipinski definition) is 4. The predicted octanol–water partition coefficient (Wildman–Crippen LogP) is 0.899. The van der Waals surface area contributed by atoms with Crippen molar-refractivity contribution in [1.82, 2.24) is 20.0 Å². The summed E-state index contributed by atoms with van der Waals surface area (Å²) in [6.07, 6.45) is 4.92. The molecule has 0 aromatic carbocycles. The molecule has 0 aliphatic carbocycles. The fourth-order valence-electron chi connectivity index (χ4n) is 3.77. The molecule has 2 amide bonds. The van der Waals surface area contributed by atoms with E-state index in [2.05, 4.69) is 10.2 Å². The van der Waals surface area contributed by atoms with Gasteiger partial charge in [-0.25, -0.2) is 0 Å². The first-order valence-electron chi connectivity index (χ1n) is 8.27. The Kier molecular flexibility index (Phi) is 4.95. The highest BCUT2D eigenvalue weighted by Gasteiger charge is 2.38. The van der Waals surface area contributed by atoms with Crippen molar-refractivity contribution in [2.45, 2.75) is 31.7 Å². The number of H-pyrrole nitrogens is 1. The van der Waals surface area contributed by atoms with Crippen LogP contribution in [0.15, 0.2) is 12.3 Å². The number of ether oxygens (including phenoxy) is 1. The molecule has 7 heteroatoms. The van der Waals surface area contributed by atoms with E-state index in [1.807, 2.05) is 9.80 Å². The lowest BCUT2D eigenvalue weighted by atomic mass is 9.88. The van der Waals surface area contributed by atoms with E-state index in [-0.39, 0.29) is 17.9 Å². The highest BCUT2D eigenvalue weighted by atomic mass is 16.5. The Balaban J connectivity index is 1.70. The monoisotopic (exact) mass is 320 g/mol. The highest BCUT2D eigenvalue weighted by molar-refractivity contribution is 5.92. The van der Waals surface area contributed by atoms with Crippen molar-refractivity contribution in [1.29, 1.82) is 0 Å². The number of methoxy groups -OCH3 is 1. The van der Waals surface area contributed by atoms with Gasteiger partial charge in [0.1, 0.15) is 5.69 Å². The quantitative estimate of drug-likeness (QED) is 0.894. The molecule has 0 bridgehead atoms. The molecule has 3 rings (SSSR count). The molecule has 3 heterocycles. The topological polar surface area (TPSA) is 78.5 Å². The molecule has 1 N–H and O–H groups in total. The van der Waals surface area contributed by atoms with Gasteiger partial charge in [-0.15, -0.1) is 0 Å². The van der Waals surface area contributed by atoms with Crippen molar-refractivity contribution in [3.8, 4) is 0 Å². The standard InChI is InChI=1S/C16H24N4O3/c1-23-10-9-20-14-6-8-19(16(22)13-5-7-17-18-13)11-12(14)3-2-4-15(20)21/h5,7,12,14H,2-4,6,8-11H2,1H3,(H,17,18)/t12-,14+/m0/s1. The second-order valence-electron chi connectivity index (χ2n) is 6.31. The van der Waals surface area contributed by atoms with Crippen molar-refractivity contribution in [3.05, 3.63) is 18.0 Å². The Bertz CT molecular complexity index is 546. The summed E-state index contributed by atoms with van der Waals surface area (Å²) in [4.78, 5) is 28.7. The fourth-order valence-corrected chi connectivity index (χ4v) is 3.77. The zero-order valence-corrected chi connectivity index (χ0v) is 13.5. The lowest BCUT2D eigenvalue weighted by Crippen LogP contribution is -2.53. The van der Waals surface area contributed by atoms with Gasteiger partial charge in [0.2, 0.25) is 5.91 Å². The average Bonchev–Trinajstić information content (AvgIpc) is 3.04. The first-order valence-corrected chi connectivity index (χ1v) is 8.27. The number of aromatic nitrogens is 2. The average molecular weight is 320 g/mol. The van der Waals surface area contributed by atoms with Gasteiger partial charge in [0.25, 0.3) is 5.91 Å². The molecule has 0 unspecified atom stereocenters. The van der Waals surface area contributed by atoms with Crippen molar-refractivity contribution < 1.29 is 14.3 Å².